The van der Waals surface area contributed by atoms with E-state index in [1.54, 1.807) is 36.4 Å². The Morgan fingerprint density at radius 2 is 0.885 bits per heavy atom. The van der Waals surface area contributed by atoms with Crippen LogP contribution in [0.3, 0.4) is 0 Å². The molecule has 0 aromatic heterocycles. The van der Waals surface area contributed by atoms with E-state index in [-0.39, 0.29) is 5.82 Å². The molecule has 0 N–H and O–H groups in total. The summed E-state index contributed by atoms with van der Waals surface area (Å²) in [6, 6.07) is 13.6. The number of hydrogen-bond acceptors (Lipinski definition) is 0. The average molecular weight is 665 g/mol. The van der Waals surface area contributed by atoms with Crippen molar-refractivity contribution in [2.24, 2.45) is 0 Å². The summed E-state index contributed by atoms with van der Waals surface area (Å²) >= 11 is 34.2. The second-order valence-corrected chi connectivity index (χ2v) is 16.3. The zero-order chi connectivity index (χ0) is 19.0. The molecule has 0 aliphatic carbocycles. The SMILES string of the molecule is Fc1cc[c]([Bi]([c]2cc(Cl)c(Cl)c(Cl)c2)[c]2cc(Cl)c(Cl)c(Cl)c2)cc1. The fraction of sp³-hybridized carbons (Fsp3) is 0. The summed E-state index contributed by atoms with van der Waals surface area (Å²) in [6.07, 6.45) is 0. The maximum absolute atomic E-state index is 13.4. The Balaban J connectivity index is 2.25. The first-order valence-electron chi connectivity index (χ1n) is 7.12. The summed E-state index contributed by atoms with van der Waals surface area (Å²) in [7, 11) is 0. The molecule has 3 aromatic rings. The van der Waals surface area contributed by atoms with Crippen molar-refractivity contribution in [2.75, 3.05) is 0 Å². The van der Waals surface area contributed by atoms with Crippen LogP contribution in [0.25, 0.3) is 0 Å². The van der Waals surface area contributed by atoms with Gasteiger partial charge in [0.05, 0.1) is 0 Å². The van der Waals surface area contributed by atoms with E-state index in [4.69, 9.17) is 69.6 Å². The van der Waals surface area contributed by atoms with Gasteiger partial charge in [0.25, 0.3) is 0 Å². The van der Waals surface area contributed by atoms with Crippen molar-refractivity contribution in [1.29, 1.82) is 0 Å². The summed E-state index contributed by atoms with van der Waals surface area (Å²) < 4.78 is 16.3. The minimum absolute atomic E-state index is 0.298. The molecule has 0 atom stereocenters. The predicted octanol–water partition coefficient (Wildman–Crippen LogP) is 6.26. The molecular weight excluding hydrogens is 657 g/mol. The van der Waals surface area contributed by atoms with Crippen LogP contribution in [0.4, 0.5) is 4.39 Å². The van der Waals surface area contributed by atoms with Gasteiger partial charge in [-0.1, -0.05) is 0 Å². The molecule has 0 nitrogen and oxygen atoms in total. The molecule has 0 aliphatic rings. The molecule has 0 fully saturated rings. The van der Waals surface area contributed by atoms with Gasteiger partial charge in [0, 0.05) is 0 Å². The van der Waals surface area contributed by atoms with Gasteiger partial charge in [-0.05, 0) is 0 Å². The molecule has 134 valence electrons. The van der Waals surface area contributed by atoms with Gasteiger partial charge in [-0.25, -0.2) is 0 Å². The molecule has 0 unspecified atom stereocenters. The van der Waals surface area contributed by atoms with E-state index in [2.05, 4.69) is 0 Å². The molecule has 3 aromatic carbocycles. The Morgan fingerprint density at radius 1 is 0.538 bits per heavy atom. The van der Waals surface area contributed by atoms with Gasteiger partial charge in [-0.3, -0.25) is 0 Å². The molecule has 0 heterocycles. The molecule has 0 aliphatic heterocycles. The summed E-state index contributed by atoms with van der Waals surface area (Å²) in [6.45, 7) is 0. The summed E-state index contributed by atoms with van der Waals surface area (Å²) in [5, 5.41) is 2.05. The fourth-order valence-electron chi connectivity index (χ4n) is 2.38. The van der Waals surface area contributed by atoms with Crippen LogP contribution in [-0.4, -0.2) is 21.8 Å². The standard InChI is InChI=1S/2C6H2Cl3.C6H4F.Bi/c2*7-4-2-1-3-5(8)6(4)9;7-6-4-2-1-3-5-6;/h2*2-3H;2-5H;. The van der Waals surface area contributed by atoms with E-state index >= 15 is 0 Å². The predicted molar refractivity (Wildman–Crippen MR) is 114 cm³/mol. The van der Waals surface area contributed by atoms with Crippen LogP contribution in [0.1, 0.15) is 0 Å². The number of benzene rings is 3. The van der Waals surface area contributed by atoms with E-state index in [1.807, 2.05) is 0 Å². The zero-order valence-electron chi connectivity index (χ0n) is 12.7. The van der Waals surface area contributed by atoms with Crippen LogP contribution in [0.5, 0.6) is 0 Å². The maximum atomic E-state index is 13.4. The quantitative estimate of drug-likeness (QED) is 0.229. The van der Waals surface area contributed by atoms with Gasteiger partial charge in [0.1, 0.15) is 0 Å². The minimum atomic E-state index is -2.92. The van der Waals surface area contributed by atoms with Crippen molar-refractivity contribution >= 4 is 101 Å². The Bertz CT molecular complexity index is 870. The van der Waals surface area contributed by atoms with Crippen LogP contribution < -0.4 is 9.81 Å². The Morgan fingerprint density at radius 3 is 1.23 bits per heavy atom. The molecule has 26 heavy (non-hydrogen) atoms. The topological polar surface area (TPSA) is 0 Å². The summed E-state index contributed by atoms with van der Waals surface area (Å²) in [4.78, 5) is 0. The van der Waals surface area contributed by atoms with Crippen molar-refractivity contribution in [2.45, 2.75) is 0 Å². The van der Waals surface area contributed by atoms with Gasteiger partial charge in [-0.15, -0.1) is 0 Å². The van der Waals surface area contributed by atoms with E-state index in [0.29, 0.717) is 30.1 Å². The van der Waals surface area contributed by atoms with Gasteiger partial charge >= 0.3 is 190 Å². The zero-order valence-corrected chi connectivity index (χ0v) is 20.7. The van der Waals surface area contributed by atoms with Gasteiger partial charge < -0.3 is 0 Å². The van der Waals surface area contributed by atoms with Crippen LogP contribution in [0.2, 0.25) is 30.1 Å². The van der Waals surface area contributed by atoms with Crippen LogP contribution in [0.15, 0.2) is 48.5 Å². The first-order valence-corrected chi connectivity index (χ1v) is 14.6. The number of halogens is 7. The van der Waals surface area contributed by atoms with E-state index in [1.165, 1.54) is 12.1 Å². The second kappa shape index (κ2) is 8.70. The molecule has 0 radical (unpaired) electrons. The molecule has 8 heteroatoms. The second-order valence-electron chi connectivity index (χ2n) is 5.26. The first-order chi connectivity index (χ1) is 12.3. The van der Waals surface area contributed by atoms with Crippen LogP contribution >= 0.6 is 69.6 Å². The van der Waals surface area contributed by atoms with Crippen molar-refractivity contribution in [3.05, 3.63) is 84.5 Å². The third-order valence-electron chi connectivity index (χ3n) is 3.54. The Hall–Kier alpha value is 0.213. The van der Waals surface area contributed by atoms with Crippen molar-refractivity contribution in [3.63, 3.8) is 0 Å². The van der Waals surface area contributed by atoms with E-state index < -0.39 is 21.8 Å². The fourth-order valence-corrected chi connectivity index (χ4v) is 14.1. The Kier molecular flexibility index (Phi) is 7.01. The number of hydrogen-bond donors (Lipinski definition) is 0. The molecule has 0 amide bonds. The van der Waals surface area contributed by atoms with Gasteiger partial charge in [0.2, 0.25) is 0 Å². The van der Waals surface area contributed by atoms with Gasteiger partial charge in [-0.2, -0.15) is 0 Å². The molecule has 0 spiro atoms. The van der Waals surface area contributed by atoms with E-state index in [9.17, 15) is 4.39 Å². The molecule has 0 saturated carbocycles. The normalized spacial score (nSPS) is 11.2. The van der Waals surface area contributed by atoms with Crippen LogP contribution in [0, 0.1) is 5.82 Å². The molecule has 0 bridgehead atoms. The summed E-state index contributed by atoms with van der Waals surface area (Å²) in [5.74, 6) is -0.308. The van der Waals surface area contributed by atoms with Crippen molar-refractivity contribution < 1.29 is 4.39 Å². The summed E-state index contributed by atoms with van der Waals surface area (Å²) in [5.41, 5.74) is 0. The van der Waals surface area contributed by atoms with Crippen molar-refractivity contribution in [3.8, 4) is 0 Å². The molecule has 0 saturated heterocycles. The molecule has 3 rings (SSSR count). The average Bonchev–Trinajstić information content (AvgIpc) is 2.59. The van der Waals surface area contributed by atoms with E-state index in [0.717, 1.165) is 9.81 Å². The third-order valence-corrected chi connectivity index (χ3v) is 15.1. The monoisotopic (exact) mass is 662 g/mol. The Labute approximate surface area is 188 Å². The third kappa shape index (κ3) is 4.44. The van der Waals surface area contributed by atoms with Gasteiger partial charge in [0.15, 0.2) is 0 Å². The van der Waals surface area contributed by atoms with Crippen molar-refractivity contribution in [1.82, 2.24) is 0 Å². The number of rotatable bonds is 3. The molecular formula is C18H8BiCl6F. The van der Waals surface area contributed by atoms with Crippen LogP contribution in [-0.2, 0) is 0 Å². The first kappa shape index (κ1) is 20.9.